The maximum Gasteiger partial charge on any atom is 0.280 e. The summed E-state index contributed by atoms with van der Waals surface area (Å²) in [5.41, 5.74) is 1.36. The summed E-state index contributed by atoms with van der Waals surface area (Å²) in [4.78, 5) is 6.02. The number of nitrogens with zero attached hydrogens (tertiary/aromatic N) is 5. The molecule has 1 aromatic carbocycles. The molecule has 0 amide bonds. The summed E-state index contributed by atoms with van der Waals surface area (Å²) >= 11 is 5.90. The Hall–Kier alpha value is -2.25. The molecule has 0 aliphatic carbocycles. The van der Waals surface area contributed by atoms with Gasteiger partial charge in [0, 0.05) is 5.02 Å². The molecule has 2 fully saturated rings. The predicted molar refractivity (Wildman–Crippen MR) is 84.9 cm³/mol. The molecule has 3 aromatic rings. The molecule has 8 heteroatoms. The van der Waals surface area contributed by atoms with E-state index in [1.54, 1.807) is 18.3 Å². The first kappa shape index (κ1) is 14.1. The van der Waals surface area contributed by atoms with E-state index in [9.17, 15) is 0 Å². The van der Waals surface area contributed by atoms with Crippen molar-refractivity contribution in [1.82, 2.24) is 25.1 Å². The van der Waals surface area contributed by atoms with Gasteiger partial charge in [0.05, 0.1) is 30.0 Å². The van der Waals surface area contributed by atoms with Crippen LogP contribution in [0.15, 0.2) is 35.0 Å². The van der Waals surface area contributed by atoms with E-state index in [1.165, 1.54) is 4.80 Å². The van der Waals surface area contributed by atoms with E-state index in [2.05, 4.69) is 20.3 Å². The molecule has 2 bridgehead atoms. The van der Waals surface area contributed by atoms with Gasteiger partial charge >= 0.3 is 0 Å². The second-order valence-electron chi connectivity index (χ2n) is 6.17. The monoisotopic (exact) mass is 343 g/mol. The smallest absolute Gasteiger partial charge is 0.280 e. The van der Waals surface area contributed by atoms with Gasteiger partial charge in [-0.3, -0.25) is 0 Å². The van der Waals surface area contributed by atoms with Crippen LogP contribution in [0.2, 0.25) is 5.02 Å². The highest BCUT2D eigenvalue weighted by Gasteiger charge is 2.43. The van der Waals surface area contributed by atoms with Crippen LogP contribution in [-0.2, 0) is 4.74 Å². The minimum Gasteiger partial charge on any atom is -0.374 e. The average molecular weight is 344 g/mol. The highest BCUT2D eigenvalue weighted by molar-refractivity contribution is 6.30. The summed E-state index contributed by atoms with van der Waals surface area (Å²) in [6.45, 7) is 0. The summed E-state index contributed by atoms with van der Waals surface area (Å²) in [6, 6.07) is 7.27. The number of ether oxygens (including phenoxy) is 1. The van der Waals surface area contributed by atoms with Gasteiger partial charge in [-0.1, -0.05) is 16.8 Å². The number of hydrogen-bond acceptors (Lipinski definition) is 6. The largest absolute Gasteiger partial charge is 0.374 e. The zero-order valence-electron chi connectivity index (χ0n) is 12.7. The molecule has 2 aliphatic rings. The summed E-state index contributed by atoms with van der Waals surface area (Å²) in [5, 5.41) is 13.4. The molecule has 0 saturated carbocycles. The zero-order chi connectivity index (χ0) is 16.1. The van der Waals surface area contributed by atoms with Crippen molar-refractivity contribution in [2.75, 3.05) is 0 Å². The molecule has 0 spiro atoms. The van der Waals surface area contributed by atoms with E-state index in [0.29, 0.717) is 28.5 Å². The maximum atomic E-state index is 5.90. The minimum atomic E-state index is 0.227. The second kappa shape index (κ2) is 5.39. The van der Waals surface area contributed by atoms with Gasteiger partial charge in [0.1, 0.15) is 0 Å². The van der Waals surface area contributed by atoms with E-state index in [1.807, 2.05) is 12.1 Å². The van der Waals surface area contributed by atoms with Gasteiger partial charge in [-0.2, -0.15) is 14.9 Å². The molecule has 122 valence electrons. The van der Waals surface area contributed by atoms with Crippen LogP contribution in [0.3, 0.4) is 0 Å². The fraction of sp³-hybridized carbons (Fsp3) is 0.375. The highest BCUT2D eigenvalue weighted by atomic mass is 35.5. The standard InChI is InChI=1S/C16H14ClN5O2/c17-9-1-3-10(4-2-9)22-18-8-13(20-22)16-19-15(21-24-16)12-7-11-5-6-14(12)23-11/h1-4,8,11-12,14H,5-7H2/t11-,12+,14+/m0/s1. The topological polar surface area (TPSA) is 78.9 Å². The lowest BCUT2D eigenvalue weighted by atomic mass is 9.89. The van der Waals surface area contributed by atoms with Gasteiger partial charge < -0.3 is 9.26 Å². The lowest BCUT2D eigenvalue weighted by molar-refractivity contribution is 0.0996. The molecule has 24 heavy (non-hydrogen) atoms. The number of benzene rings is 1. The van der Waals surface area contributed by atoms with Crippen LogP contribution in [0.1, 0.15) is 31.0 Å². The Kier molecular flexibility index (Phi) is 3.17. The van der Waals surface area contributed by atoms with Gasteiger partial charge in [0.15, 0.2) is 11.5 Å². The molecule has 2 saturated heterocycles. The molecule has 0 radical (unpaired) electrons. The van der Waals surface area contributed by atoms with Crippen molar-refractivity contribution in [3.05, 3.63) is 41.3 Å². The third kappa shape index (κ3) is 2.32. The van der Waals surface area contributed by atoms with Crippen LogP contribution in [0.25, 0.3) is 17.3 Å². The Bertz CT molecular complexity index is 875. The van der Waals surface area contributed by atoms with E-state index in [0.717, 1.165) is 24.9 Å². The van der Waals surface area contributed by atoms with E-state index >= 15 is 0 Å². The number of hydrogen-bond donors (Lipinski definition) is 0. The molecule has 4 heterocycles. The van der Waals surface area contributed by atoms with Crippen LogP contribution in [0, 0.1) is 0 Å². The Morgan fingerprint density at radius 3 is 2.79 bits per heavy atom. The number of fused-ring (bicyclic) bond motifs is 2. The normalized spacial score (nSPS) is 25.5. The first-order valence-corrected chi connectivity index (χ1v) is 8.32. The number of aromatic nitrogens is 5. The van der Waals surface area contributed by atoms with Crippen LogP contribution in [0.4, 0.5) is 0 Å². The summed E-state index contributed by atoms with van der Waals surface area (Å²) < 4.78 is 11.2. The lowest BCUT2D eigenvalue weighted by Crippen LogP contribution is -2.15. The molecule has 5 rings (SSSR count). The van der Waals surface area contributed by atoms with E-state index < -0.39 is 0 Å². The summed E-state index contributed by atoms with van der Waals surface area (Å²) in [5.74, 6) is 1.32. The highest BCUT2D eigenvalue weighted by Crippen LogP contribution is 2.43. The molecule has 0 unspecified atom stereocenters. The van der Waals surface area contributed by atoms with Gasteiger partial charge in [-0.05, 0) is 43.5 Å². The van der Waals surface area contributed by atoms with Crippen molar-refractivity contribution >= 4 is 11.6 Å². The third-order valence-corrected chi connectivity index (χ3v) is 4.90. The molecule has 3 atom stereocenters. The predicted octanol–water partition coefficient (Wildman–Crippen LogP) is 3.01. The molecule has 0 N–H and O–H groups in total. The molecule has 7 nitrogen and oxygen atoms in total. The first-order valence-electron chi connectivity index (χ1n) is 7.94. The quantitative estimate of drug-likeness (QED) is 0.727. The Morgan fingerprint density at radius 2 is 2.04 bits per heavy atom. The van der Waals surface area contributed by atoms with Crippen molar-refractivity contribution in [2.24, 2.45) is 0 Å². The molecule has 2 aromatic heterocycles. The SMILES string of the molecule is Clc1ccc(-n2ncc(-c3nc([C@@H]4C[C@@H]5CC[C@H]4O5)no3)n2)cc1. The zero-order valence-corrected chi connectivity index (χ0v) is 13.4. The van der Waals surface area contributed by atoms with Crippen molar-refractivity contribution in [3.63, 3.8) is 0 Å². The Labute approximate surface area is 142 Å². The molecular formula is C16H14ClN5O2. The fourth-order valence-electron chi connectivity index (χ4n) is 3.46. The average Bonchev–Trinajstić information content (AvgIpc) is 3.37. The third-order valence-electron chi connectivity index (χ3n) is 4.65. The Morgan fingerprint density at radius 1 is 1.17 bits per heavy atom. The minimum absolute atomic E-state index is 0.227. The van der Waals surface area contributed by atoms with Crippen LogP contribution < -0.4 is 0 Å². The second-order valence-corrected chi connectivity index (χ2v) is 6.61. The molecular weight excluding hydrogens is 330 g/mol. The van der Waals surface area contributed by atoms with E-state index in [4.69, 9.17) is 20.9 Å². The van der Waals surface area contributed by atoms with Crippen molar-refractivity contribution in [2.45, 2.75) is 37.4 Å². The van der Waals surface area contributed by atoms with Crippen LogP contribution >= 0.6 is 11.6 Å². The Balaban J connectivity index is 1.40. The summed E-state index contributed by atoms with van der Waals surface area (Å²) in [6.07, 6.45) is 5.38. The van der Waals surface area contributed by atoms with Crippen molar-refractivity contribution in [1.29, 1.82) is 0 Å². The molecule has 2 aliphatic heterocycles. The van der Waals surface area contributed by atoms with Crippen LogP contribution in [-0.4, -0.2) is 37.3 Å². The fourth-order valence-corrected chi connectivity index (χ4v) is 3.58. The van der Waals surface area contributed by atoms with Crippen molar-refractivity contribution in [3.8, 4) is 17.3 Å². The van der Waals surface area contributed by atoms with E-state index in [-0.39, 0.29) is 12.0 Å². The number of rotatable bonds is 3. The van der Waals surface area contributed by atoms with Gasteiger partial charge in [0.2, 0.25) is 0 Å². The first-order chi connectivity index (χ1) is 11.8. The number of halogens is 1. The van der Waals surface area contributed by atoms with Crippen LogP contribution in [0.5, 0.6) is 0 Å². The maximum absolute atomic E-state index is 5.90. The van der Waals surface area contributed by atoms with Gasteiger partial charge in [-0.15, -0.1) is 5.10 Å². The van der Waals surface area contributed by atoms with Gasteiger partial charge in [-0.25, -0.2) is 0 Å². The van der Waals surface area contributed by atoms with Crippen molar-refractivity contribution < 1.29 is 9.26 Å². The summed E-state index contributed by atoms with van der Waals surface area (Å²) in [7, 11) is 0. The van der Waals surface area contributed by atoms with Gasteiger partial charge in [0.25, 0.3) is 5.89 Å². The lowest BCUT2D eigenvalue weighted by Gasteiger charge is -2.13.